The molecule has 0 fully saturated rings. The van der Waals surface area contributed by atoms with Gasteiger partial charge >= 0.3 is 0 Å². The maximum Gasteiger partial charge on any atom is 0.296 e. The van der Waals surface area contributed by atoms with Crippen molar-refractivity contribution in [3.8, 4) is 11.4 Å². The number of aromatic amines is 1. The normalized spacial score (nSPS) is 11.0. The minimum absolute atomic E-state index is 0.327. The molecule has 4 rings (SSSR count). The lowest BCUT2D eigenvalue weighted by molar-refractivity contribution is -0.112. The van der Waals surface area contributed by atoms with E-state index in [0.717, 1.165) is 16.6 Å². The fraction of sp³-hybridized carbons (Fsp3) is 0.143. The van der Waals surface area contributed by atoms with Gasteiger partial charge in [-0.1, -0.05) is 23.7 Å². The second-order valence-electron chi connectivity index (χ2n) is 6.75. The van der Waals surface area contributed by atoms with Gasteiger partial charge in [0.05, 0.1) is 27.3 Å². The second kappa shape index (κ2) is 7.18. The summed E-state index contributed by atoms with van der Waals surface area (Å²) in [7, 11) is 1.74. The molecule has 2 N–H and O–H groups in total. The summed E-state index contributed by atoms with van der Waals surface area (Å²) in [6, 6.07) is 12.6. The molecule has 7 nitrogen and oxygen atoms in total. The van der Waals surface area contributed by atoms with Crippen LogP contribution in [0.2, 0.25) is 5.02 Å². The molecule has 0 aliphatic carbocycles. The van der Waals surface area contributed by atoms with Gasteiger partial charge in [-0.25, -0.2) is 4.98 Å². The third kappa shape index (κ3) is 3.40. The molecular formula is C21H18ClN5O2. The van der Waals surface area contributed by atoms with E-state index in [1.54, 1.807) is 49.8 Å². The Morgan fingerprint density at radius 1 is 1.14 bits per heavy atom. The molecule has 0 spiro atoms. The number of carbonyl (C=O) groups excluding carboxylic acids is 2. The van der Waals surface area contributed by atoms with Crippen molar-refractivity contribution in [1.29, 1.82) is 0 Å². The van der Waals surface area contributed by atoms with Gasteiger partial charge < -0.3 is 10.3 Å². The number of nitrogens with zero attached hydrogens (tertiary/aromatic N) is 3. The summed E-state index contributed by atoms with van der Waals surface area (Å²) in [4.78, 5) is 32.8. The molecule has 1 amide bonds. The SMILES string of the molecule is Cc1nn(C)c(C)c1C(=O)C(=O)Nc1ccc2nc(-c3ccccc3Cl)[nH]c2c1. The molecule has 0 bridgehead atoms. The van der Waals surface area contributed by atoms with Gasteiger partial charge in [0.15, 0.2) is 0 Å². The van der Waals surface area contributed by atoms with Gasteiger partial charge in [-0.2, -0.15) is 5.10 Å². The lowest BCUT2D eigenvalue weighted by Crippen LogP contribution is -2.24. The van der Waals surface area contributed by atoms with Crippen LogP contribution >= 0.6 is 11.6 Å². The third-order valence-electron chi connectivity index (χ3n) is 4.81. The number of Topliss-reactive ketones (excluding diaryl/α,β-unsaturated/α-hetero) is 1. The minimum atomic E-state index is -0.714. The molecule has 4 aromatic rings. The summed E-state index contributed by atoms with van der Waals surface area (Å²) in [5.41, 5.74) is 4.23. The van der Waals surface area contributed by atoms with E-state index in [1.165, 1.54) is 0 Å². The van der Waals surface area contributed by atoms with Crippen molar-refractivity contribution in [2.75, 3.05) is 5.32 Å². The van der Waals surface area contributed by atoms with Crippen molar-refractivity contribution in [2.45, 2.75) is 13.8 Å². The third-order valence-corrected chi connectivity index (χ3v) is 5.14. The van der Waals surface area contributed by atoms with Gasteiger partial charge in [0.25, 0.3) is 11.7 Å². The highest BCUT2D eigenvalue weighted by Crippen LogP contribution is 2.28. The average Bonchev–Trinajstić information content (AvgIpc) is 3.21. The zero-order chi connectivity index (χ0) is 20.7. The van der Waals surface area contributed by atoms with Crippen LogP contribution in [-0.4, -0.2) is 31.4 Å². The number of nitrogens with one attached hydrogen (secondary N) is 2. The Labute approximate surface area is 171 Å². The number of rotatable bonds is 4. The number of aromatic nitrogens is 4. The summed E-state index contributed by atoms with van der Waals surface area (Å²) in [6.45, 7) is 3.47. The number of halogens is 1. The van der Waals surface area contributed by atoms with Crippen molar-refractivity contribution in [3.05, 3.63) is 64.4 Å². The molecule has 0 aliphatic heterocycles. The standard InChI is InChI=1S/C21H18ClN5O2/c1-11-18(12(2)27(3)26-11)19(28)21(29)23-13-8-9-16-17(10-13)25-20(24-16)14-6-4-5-7-15(14)22/h4-10H,1-3H3,(H,23,29)(H,24,25). The summed E-state index contributed by atoms with van der Waals surface area (Å²) < 4.78 is 1.59. The number of hydrogen-bond acceptors (Lipinski definition) is 4. The van der Waals surface area contributed by atoms with Gasteiger partial charge in [-0.15, -0.1) is 0 Å². The number of H-pyrrole nitrogens is 1. The number of carbonyl (C=O) groups is 2. The molecule has 0 radical (unpaired) electrons. The van der Waals surface area contributed by atoms with Gasteiger partial charge in [-0.3, -0.25) is 14.3 Å². The summed E-state index contributed by atoms with van der Waals surface area (Å²) in [6.07, 6.45) is 0. The number of fused-ring (bicyclic) bond motifs is 1. The lowest BCUT2D eigenvalue weighted by Gasteiger charge is -2.05. The predicted octanol–water partition coefficient (Wildman–Crippen LogP) is 4.06. The Morgan fingerprint density at radius 2 is 1.90 bits per heavy atom. The number of benzene rings is 2. The van der Waals surface area contributed by atoms with Crippen molar-refractivity contribution >= 4 is 40.0 Å². The highest BCUT2D eigenvalue weighted by Gasteiger charge is 2.24. The molecule has 146 valence electrons. The van der Waals surface area contributed by atoms with Crippen LogP contribution in [0.4, 0.5) is 5.69 Å². The summed E-state index contributed by atoms with van der Waals surface area (Å²) >= 11 is 6.25. The number of imidazole rings is 1. The highest BCUT2D eigenvalue weighted by atomic mass is 35.5. The maximum absolute atomic E-state index is 12.6. The Morgan fingerprint density at radius 3 is 2.59 bits per heavy atom. The van der Waals surface area contributed by atoms with E-state index >= 15 is 0 Å². The van der Waals surface area contributed by atoms with E-state index in [-0.39, 0.29) is 0 Å². The topological polar surface area (TPSA) is 92.7 Å². The van der Waals surface area contributed by atoms with Crippen molar-refractivity contribution in [3.63, 3.8) is 0 Å². The molecule has 29 heavy (non-hydrogen) atoms. The molecule has 2 aromatic carbocycles. The van der Waals surface area contributed by atoms with Gasteiger partial charge in [0.2, 0.25) is 0 Å². The van der Waals surface area contributed by atoms with Crippen LogP contribution in [-0.2, 0) is 11.8 Å². The maximum atomic E-state index is 12.6. The van der Waals surface area contributed by atoms with Crippen molar-refractivity contribution in [2.24, 2.45) is 7.05 Å². The first-order valence-corrected chi connectivity index (χ1v) is 9.33. The number of anilines is 1. The first-order valence-electron chi connectivity index (χ1n) is 8.95. The van der Waals surface area contributed by atoms with Crippen molar-refractivity contribution < 1.29 is 9.59 Å². The quantitative estimate of drug-likeness (QED) is 0.394. The minimum Gasteiger partial charge on any atom is -0.338 e. The Bertz CT molecular complexity index is 1270. The number of ketones is 1. The monoisotopic (exact) mass is 407 g/mol. The van der Waals surface area contributed by atoms with E-state index < -0.39 is 11.7 Å². The zero-order valence-corrected chi connectivity index (χ0v) is 16.8. The molecule has 0 atom stereocenters. The van der Waals surface area contributed by atoms with E-state index in [9.17, 15) is 9.59 Å². The zero-order valence-electron chi connectivity index (χ0n) is 16.1. The molecule has 0 unspecified atom stereocenters. The summed E-state index contributed by atoms with van der Waals surface area (Å²) in [5.74, 6) is -0.698. The van der Waals surface area contributed by atoms with Crippen LogP contribution in [0, 0.1) is 13.8 Å². The Kier molecular flexibility index (Phi) is 4.68. The lowest BCUT2D eigenvalue weighted by atomic mass is 10.1. The molecule has 2 heterocycles. The molecule has 8 heteroatoms. The molecular weight excluding hydrogens is 390 g/mol. The molecule has 2 aromatic heterocycles. The largest absolute Gasteiger partial charge is 0.338 e. The van der Waals surface area contributed by atoms with E-state index in [4.69, 9.17) is 11.6 Å². The smallest absolute Gasteiger partial charge is 0.296 e. The van der Waals surface area contributed by atoms with Crippen LogP contribution in [0.5, 0.6) is 0 Å². The summed E-state index contributed by atoms with van der Waals surface area (Å²) in [5, 5.41) is 7.44. The van der Waals surface area contributed by atoms with Gasteiger partial charge in [0, 0.05) is 24.0 Å². The van der Waals surface area contributed by atoms with Gasteiger partial charge in [0.1, 0.15) is 5.82 Å². The van der Waals surface area contributed by atoms with Gasteiger partial charge in [-0.05, 0) is 44.2 Å². The van der Waals surface area contributed by atoms with Crippen LogP contribution in [0.25, 0.3) is 22.4 Å². The number of aryl methyl sites for hydroxylation is 2. The van der Waals surface area contributed by atoms with Crippen LogP contribution in [0.1, 0.15) is 21.7 Å². The highest BCUT2D eigenvalue weighted by molar-refractivity contribution is 6.47. The Hall–Kier alpha value is -3.45. The second-order valence-corrected chi connectivity index (χ2v) is 7.16. The first-order chi connectivity index (χ1) is 13.8. The molecule has 0 saturated heterocycles. The molecule has 0 aliphatic rings. The fourth-order valence-electron chi connectivity index (χ4n) is 3.27. The predicted molar refractivity (Wildman–Crippen MR) is 112 cm³/mol. The van der Waals surface area contributed by atoms with E-state index in [0.29, 0.717) is 33.5 Å². The average molecular weight is 408 g/mol. The van der Waals surface area contributed by atoms with E-state index in [2.05, 4.69) is 20.4 Å². The van der Waals surface area contributed by atoms with Crippen LogP contribution in [0.3, 0.4) is 0 Å². The number of hydrogen-bond donors (Lipinski definition) is 2. The van der Waals surface area contributed by atoms with Crippen LogP contribution < -0.4 is 5.32 Å². The number of amides is 1. The van der Waals surface area contributed by atoms with Crippen LogP contribution in [0.15, 0.2) is 42.5 Å². The fourth-order valence-corrected chi connectivity index (χ4v) is 3.50. The molecule has 0 saturated carbocycles. The Balaban J connectivity index is 1.61. The van der Waals surface area contributed by atoms with E-state index in [1.807, 2.05) is 18.2 Å². The first kappa shape index (κ1) is 18.9. The van der Waals surface area contributed by atoms with Crippen molar-refractivity contribution in [1.82, 2.24) is 19.7 Å².